The third-order valence-corrected chi connectivity index (χ3v) is 7.75. The predicted octanol–water partition coefficient (Wildman–Crippen LogP) is 3.20. The van der Waals surface area contributed by atoms with Crippen molar-refractivity contribution >= 4 is 11.8 Å². The quantitative estimate of drug-likeness (QED) is 0.619. The summed E-state index contributed by atoms with van der Waals surface area (Å²) >= 11 is 0. The Hall–Kier alpha value is -3.45. The van der Waals surface area contributed by atoms with Gasteiger partial charge in [-0.3, -0.25) is 9.59 Å². The fraction of sp³-hybridized carbons (Fsp3) is 0.393. The molecule has 5 rings (SSSR count). The molecule has 3 aromatic rings. The van der Waals surface area contributed by atoms with E-state index in [-0.39, 0.29) is 24.3 Å². The zero-order chi connectivity index (χ0) is 24.5. The van der Waals surface area contributed by atoms with E-state index in [1.807, 2.05) is 59.8 Å². The number of amides is 2. The molecule has 2 aliphatic rings. The molecular formula is C28H33N5O2. The zero-order valence-corrected chi connectivity index (χ0v) is 20.4. The zero-order valence-electron chi connectivity index (χ0n) is 20.4. The first-order valence-corrected chi connectivity index (χ1v) is 12.4. The van der Waals surface area contributed by atoms with Crippen LogP contribution in [0.4, 0.5) is 0 Å². The van der Waals surface area contributed by atoms with E-state index in [1.165, 1.54) is 5.56 Å². The van der Waals surface area contributed by atoms with Crippen LogP contribution in [0.15, 0.2) is 60.7 Å². The SMILES string of the molecule is Cc1c(C(=O)N2C[C@@H](c3ccccc3)C[C@H]2C(=O)N2CCC(c3ccccc3)C2)nc(CN)n1C. The number of rotatable bonds is 5. The second kappa shape index (κ2) is 9.66. The third-order valence-electron chi connectivity index (χ3n) is 7.75. The van der Waals surface area contributed by atoms with Gasteiger partial charge in [-0.25, -0.2) is 4.98 Å². The fourth-order valence-corrected chi connectivity index (χ4v) is 5.59. The van der Waals surface area contributed by atoms with Crippen molar-refractivity contribution in [3.05, 3.63) is 89.0 Å². The maximum Gasteiger partial charge on any atom is 0.275 e. The van der Waals surface area contributed by atoms with Crippen molar-refractivity contribution in [1.82, 2.24) is 19.4 Å². The first-order chi connectivity index (χ1) is 17.0. The number of likely N-dealkylation sites (tertiary alicyclic amines) is 2. The van der Waals surface area contributed by atoms with Crippen LogP contribution in [0.2, 0.25) is 0 Å². The van der Waals surface area contributed by atoms with Crippen LogP contribution in [0.1, 0.15) is 57.8 Å². The molecule has 0 bridgehead atoms. The molecule has 2 aromatic carbocycles. The molecule has 7 heteroatoms. The molecule has 182 valence electrons. The van der Waals surface area contributed by atoms with Crippen LogP contribution >= 0.6 is 0 Å². The number of imidazole rings is 1. The van der Waals surface area contributed by atoms with Gasteiger partial charge in [-0.15, -0.1) is 0 Å². The maximum absolute atomic E-state index is 13.8. The maximum atomic E-state index is 13.8. The molecule has 7 nitrogen and oxygen atoms in total. The van der Waals surface area contributed by atoms with Crippen LogP contribution in [0.3, 0.4) is 0 Å². The number of carbonyl (C=O) groups excluding carboxylic acids is 2. The summed E-state index contributed by atoms with van der Waals surface area (Å²) in [7, 11) is 1.87. The Labute approximate surface area is 206 Å². The average Bonchev–Trinajstić information content (AvgIpc) is 3.63. The molecule has 3 atom stereocenters. The van der Waals surface area contributed by atoms with E-state index in [4.69, 9.17) is 5.73 Å². The molecule has 0 radical (unpaired) electrons. The van der Waals surface area contributed by atoms with Crippen molar-refractivity contribution < 1.29 is 9.59 Å². The molecular weight excluding hydrogens is 438 g/mol. The Morgan fingerprint density at radius 1 is 0.971 bits per heavy atom. The number of nitrogens with two attached hydrogens (primary N) is 1. The van der Waals surface area contributed by atoms with Crippen molar-refractivity contribution in [2.45, 2.75) is 44.2 Å². The average molecular weight is 472 g/mol. The lowest BCUT2D eigenvalue weighted by atomic mass is 9.96. The van der Waals surface area contributed by atoms with Gasteiger partial charge in [0, 0.05) is 44.2 Å². The second-order valence-corrected chi connectivity index (χ2v) is 9.72. The predicted molar refractivity (Wildman–Crippen MR) is 135 cm³/mol. The summed E-state index contributed by atoms with van der Waals surface area (Å²) < 4.78 is 1.86. The third kappa shape index (κ3) is 4.36. The Morgan fingerprint density at radius 2 is 1.60 bits per heavy atom. The lowest BCUT2D eigenvalue weighted by Crippen LogP contribution is -2.47. The number of aromatic nitrogens is 2. The van der Waals surface area contributed by atoms with E-state index in [1.54, 1.807) is 4.90 Å². The van der Waals surface area contributed by atoms with Gasteiger partial charge in [0.15, 0.2) is 0 Å². The van der Waals surface area contributed by atoms with Gasteiger partial charge >= 0.3 is 0 Å². The van der Waals surface area contributed by atoms with Gasteiger partial charge in [0.25, 0.3) is 5.91 Å². The summed E-state index contributed by atoms with van der Waals surface area (Å²) in [6, 6.07) is 20.1. The minimum absolute atomic E-state index is 0.0443. The minimum Gasteiger partial charge on any atom is -0.340 e. The van der Waals surface area contributed by atoms with Gasteiger partial charge in [-0.1, -0.05) is 60.7 Å². The lowest BCUT2D eigenvalue weighted by molar-refractivity contribution is -0.134. The highest BCUT2D eigenvalue weighted by Crippen LogP contribution is 2.36. The smallest absolute Gasteiger partial charge is 0.275 e. The van der Waals surface area contributed by atoms with E-state index >= 15 is 0 Å². The highest BCUT2D eigenvalue weighted by atomic mass is 16.2. The van der Waals surface area contributed by atoms with Crippen LogP contribution in [0.25, 0.3) is 0 Å². The number of benzene rings is 2. The summed E-state index contributed by atoms with van der Waals surface area (Å²) in [5.41, 5.74) is 9.42. The van der Waals surface area contributed by atoms with Gasteiger partial charge in [0.05, 0.1) is 6.54 Å². The molecule has 35 heavy (non-hydrogen) atoms. The van der Waals surface area contributed by atoms with E-state index in [2.05, 4.69) is 29.2 Å². The van der Waals surface area contributed by atoms with E-state index in [9.17, 15) is 9.59 Å². The highest BCUT2D eigenvalue weighted by molar-refractivity contribution is 5.97. The summed E-state index contributed by atoms with van der Waals surface area (Å²) in [5, 5.41) is 0. The Morgan fingerprint density at radius 3 is 2.20 bits per heavy atom. The van der Waals surface area contributed by atoms with Gasteiger partial charge < -0.3 is 20.1 Å². The summed E-state index contributed by atoms with van der Waals surface area (Å²) in [4.78, 5) is 35.9. The number of nitrogens with zero attached hydrogens (tertiary/aromatic N) is 4. The largest absolute Gasteiger partial charge is 0.340 e. The summed E-state index contributed by atoms with van der Waals surface area (Å²) in [6.45, 7) is 4.05. The number of hydrogen-bond donors (Lipinski definition) is 1. The fourth-order valence-electron chi connectivity index (χ4n) is 5.59. The Kier molecular flexibility index (Phi) is 6.43. The topological polar surface area (TPSA) is 84.5 Å². The standard InChI is InChI=1S/C28H33N5O2/c1-19-26(30-25(16-29)31(19)2)28(35)33-18-23(21-11-7-4-8-12-21)15-24(33)27(34)32-14-13-22(17-32)20-9-5-3-6-10-20/h3-12,22-24H,13-18,29H2,1-2H3/t22?,23-,24-/m0/s1. The van der Waals surface area contributed by atoms with Gasteiger partial charge in [-0.2, -0.15) is 0 Å². The summed E-state index contributed by atoms with van der Waals surface area (Å²) in [5.74, 6) is 0.967. The molecule has 2 N–H and O–H groups in total. The van der Waals surface area contributed by atoms with Gasteiger partial charge in [0.2, 0.25) is 5.91 Å². The van der Waals surface area contributed by atoms with E-state index in [0.717, 1.165) is 17.7 Å². The van der Waals surface area contributed by atoms with E-state index < -0.39 is 6.04 Å². The summed E-state index contributed by atoms with van der Waals surface area (Å²) in [6.07, 6.45) is 1.56. The van der Waals surface area contributed by atoms with Gasteiger partial charge in [-0.05, 0) is 30.9 Å². The van der Waals surface area contributed by atoms with Crippen molar-refractivity contribution in [1.29, 1.82) is 0 Å². The molecule has 1 aromatic heterocycles. The molecule has 1 unspecified atom stereocenters. The van der Waals surface area contributed by atoms with Crippen LogP contribution < -0.4 is 5.73 Å². The second-order valence-electron chi connectivity index (χ2n) is 9.72. The first kappa shape index (κ1) is 23.3. The highest BCUT2D eigenvalue weighted by Gasteiger charge is 2.44. The van der Waals surface area contributed by atoms with E-state index in [0.29, 0.717) is 43.5 Å². The van der Waals surface area contributed by atoms with Crippen molar-refractivity contribution in [2.75, 3.05) is 19.6 Å². The monoisotopic (exact) mass is 471 g/mol. The lowest BCUT2D eigenvalue weighted by Gasteiger charge is -2.27. The molecule has 2 amide bonds. The normalized spacial score (nSPS) is 22.1. The molecule has 2 aliphatic heterocycles. The van der Waals surface area contributed by atoms with Crippen LogP contribution in [0, 0.1) is 6.92 Å². The molecule has 0 saturated carbocycles. The minimum atomic E-state index is -0.495. The van der Waals surface area contributed by atoms with Gasteiger partial charge in [0.1, 0.15) is 17.6 Å². The number of carbonyl (C=O) groups is 2. The van der Waals surface area contributed by atoms with Crippen molar-refractivity contribution in [3.63, 3.8) is 0 Å². The number of hydrogen-bond acceptors (Lipinski definition) is 4. The molecule has 2 saturated heterocycles. The molecule has 0 spiro atoms. The first-order valence-electron chi connectivity index (χ1n) is 12.4. The van der Waals surface area contributed by atoms with Crippen molar-refractivity contribution in [2.24, 2.45) is 12.8 Å². The molecule has 3 heterocycles. The van der Waals surface area contributed by atoms with Crippen LogP contribution in [-0.4, -0.2) is 56.8 Å². The van der Waals surface area contributed by atoms with Crippen LogP contribution in [-0.2, 0) is 18.4 Å². The Balaban J connectivity index is 1.41. The van der Waals surface area contributed by atoms with Crippen molar-refractivity contribution in [3.8, 4) is 0 Å². The van der Waals surface area contributed by atoms with Crippen LogP contribution in [0.5, 0.6) is 0 Å². The molecule has 2 fully saturated rings. The molecule has 0 aliphatic carbocycles. The Bertz CT molecular complexity index is 1210.